The summed E-state index contributed by atoms with van der Waals surface area (Å²) in [7, 11) is 1.20. The summed E-state index contributed by atoms with van der Waals surface area (Å²) < 4.78 is 4.65. The highest BCUT2D eigenvalue weighted by atomic mass is 35.5. The van der Waals surface area contributed by atoms with Gasteiger partial charge in [-0.3, -0.25) is 4.79 Å². The Morgan fingerprint density at radius 2 is 2.24 bits per heavy atom. The molecule has 0 saturated carbocycles. The van der Waals surface area contributed by atoms with Crippen molar-refractivity contribution in [3.63, 3.8) is 0 Å². The van der Waals surface area contributed by atoms with E-state index in [1.807, 2.05) is 0 Å². The number of anilines is 1. The van der Waals surface area contributed by atoms with E-state index in [0.29, 0.717) is 21.6 Å². The molecule has 1 unspecified atom stereocenters. The van der Waals surface area contributed by atoms with Crippen LogP contribution in [0.4, 0.5) is 5.69 Å². The molecule has 2 rings (SSSR count). The van der Waals surface area contributed by atoms with Crippen LogP contribution in [0.3, 0.4) is 0 Å². The minimum atomic E-state index is -0.758. The third-order valence-electron chi connectivity index (χ3n) is 2.96. The molecule has 0 fully saturated rings. The number of rotatable bonds is 4. The molecule has 1 atom stereocenters. The molecule has 6 nitrogen and oxygen atoms in total. The Morgan fingerprint density at radius 3 is 2.86 bits per heavy atom. The molecule has 0 aliphatic rings. The van der Waals surface area contributed by atoms with Crippen molar-refractivity contribution in [2.75, 3.05) is 19.0 Å². The van der Waals surface area contributed by atoms with E-state index in [1.54, 1.807) is 25.1 Å². The van der Waals surface area contributed by atoms with Gasteiger partial charge in [0.05, 0.1) is 29.4 Å². The third-order valence-corrected chi connectivity index (χ3v) is 3.28. The second-order valence-corrected chi connectivity index (χ2v) is 5.00. The number of esters is 1. The maximum Gasteiger partial charge on any atom is 0.345 e. The Hall–Kier alpha value is -2.05. The van der Waals surface area contributed by atoms with Gasteiger partial charge in [0, 0.05) is 11.9 Å². The van der Waals surface area contributed by atoms with E-state index >= 15 is 0 Å². The quantitative estimate of drug-likeness (QED) is 0.749. The van der Waals surface area contributed by atoms with Gasteiger partial charge in [-0.15, -0.1) is 0 Å². The number of aliphatic hydroxyl groups is 1. The standard InChI is InChI=1S/C14H15ClN2O4/c1-7(18)6-16-12-8-4-3-5-9(15)11(8)17-13(19)10(12)14(20)21-2/h3-5,7,18H,6H2,1-2H3,(H2,16,17,19). The molecule has 2 aromatic rings. The number of carbonyl (C=O) groups is 1. The van der Waals surface area contributed by atoms with Gasteiger partial charge in [0.1, 0.15) is 5.56 Å². The van der Waals surface area contributed by atoms with Crippen LogP contribution in [0.25, 0.3) is 10.9 Å². The summed E-state index contributed by atoms with van der Waals surface area (Å²) in [6.07, 6.45) is -0.649. The Labute approximate surface area is 125 Å². The summed E-state index contributed by atoms with van der Waals surface area (Å²) in [5.41, 5.74) is -0.0302. The molecule has 0 bridgehead atoms. The minimum absolute atomic E-state index is 0.145. The summed E-state index contributed by atoms with van der Waals surface area (Å²) in [4.78, 5) is 26.6. The van der Waals surface area contributed by atoms with Crippen LogP contribution in [-0.2, 0) is 4.74 Å². The summed E-state index contributed by atoms with van der Waals surface area (Å²) in [6.45, 7) is 1.77. The van der Waals surface area contributed by atoms with E-state index < -0.39 is 17.6 Å². The van der Waals surface area contributed by atoms with Crippen molar-refractivity contribution in [2.24, 2.45) is 0 Å². The lowest BCUT2D eigenvalue weighted by molar-refractivity contribution is 0.0600. The van der Waals surface area contributed by atoms with Gasteiger partial charge in [0.25, 0.3) is 5.56 Å². The van der Waals surface area contributed by atoms with Crippen LogP contribution in [0.1, 0.15) is 17.3 Å². The molecule has 0 amide bonds. The van der Waals surface area contributed by atoms with E-state index in [4.69, 9.17) is 11.6 Å². The predicted molar refractivity (Wildman–Crippen MR) is 81.1 cm³/mol. The Morgan fingerprint density at radius 1 is 1.52 bits per heavy atom. The fourth-order valence-electron chi connectivity index (χ4n) is 2.01. The second-order valence-electron chi connectivity index (χ2n) is 4.59. The third kappa shape index (κ3) is 3.01. The lowest BCUT2D eigenvalue weighted by Crippen LogP contribution is -2.24. The van der Waals surface area contributed by atoms with Crippen molar-refractivity contribution < 1.29 is 14.6 Å². The maximum absolute atomic E-state index is 12.1. The number of pyridine rings is 1. The first-order valence-corrected chi connectivity index (χ1v) is 6.68. The van der Waals surface area contributed by atoms with Gasteiger partial charge in [-0.25, -0.2) is 4.79 Å². The number of halogens is 1. The number of benzene rings is 1. The Bertz CT molecular complexity index is 740. The molecule has 0 radical (unpaired) electrons. The number of aromatic nitrogens is 1. The van der Waals surface area contributed by atoms with Crippen molar-refractivity contribution in [3.05, 3.63) is 39.1 Å². The first kappa shape index (κ1) is 15.3. The first-order chi connectivity index (χ1) is 9.95. The number of para-hydroxylation sites is 1. The number of aromatic amines is 1. The molecule has 0 aliphatic carbocycles. The summed E-state index contributed by atoms with van der Waals surface area (Å²) in [5.74, 6) is -0.758. The highest BCUT2D eigenvalue weighted by molar-refractivity contribution is 6.35. The summed E-state index contributed by atoms with van der Waals surface area (Å²) >= 11 is 6.07. The molecular formula is C14H15ClN2O4. The SMILES string of the molecule is COC(=O)c1c(NCC(C)O)c2cccc(Cl)c2[nH]c1=O. The number of aliphatic hydroxyl groups excluding tert-OH is 1. The number of nitrogens with one attached hydrogen (secondary N) is 2. The Kier molecular flexibility index (Phi) is 4.50. The maximum atomic E-state index is 12.1. The van der Waals surface area contributed by atoms with Crippen LogP contribution in [0, 0.1) is 0 Å². The number of carbonyl (C=O) groups excluding carboxylic acids is 1. The van der Waals surface area contributed by atoms with E-state index in [0.717, 1.165) is 0 Å². The topological polar surface area (TPSA) is 91.4 Å². The number of hydrogen-bond donors (Lipinski definition) is 3. The van der Waals surface area contributed by atoms with Crippen molar-refractivity contribution in [1.29, 1.82) is 0 Å². The van der Waals surface area contributed by atoms with Gasteiger partial charge in [0.15, 0.2) is 0 Å². The van der Waals surface area contributed by atoms with E-state index in [-0.39, 0.29) is 12.1 Å². The van der Waals surface area contributed by atoms with Crippen LogP contribution in [-0.4, -0.2) is 35.8 Å². The lowest BCUT2D eigenvalue weighted by Gasteiger charge is -2.15. The fraction of sp³-hybridized carbons (Fsp3) is 0.286. The van der Waals surface area contributed by atoms with E-state index in [2.05, 4.69) is 15.0 Å². The smallest absolute Gasteiger partial charge is 0.345 e. The van der Waals surface area contributed by atoms with Gasteiger partial charge in [0.2, 0.25) is 0 Å². The predicted octanol–water partition coefficient (Wildman–Crippen LogP) is 1.76. The van der Waals surface area contributed by atoms with Crippen LogP contribution < -0.4 is 10.9 Å². The van der Waals surface area contributed by atoms with Crippen molar-refractivity contribution >= 4 is 34.2 Å². The molecule has 1 aromatic carbocycles. The van der Waals surface area contributed by atoms with Gasteiger partial charge in [-0.05, 0) is 13.0 Å². The highest BCUT2D eigenvalue weighted by Gasteiger charge is 2.21. The molecule has 21 heavy (non-hydrogen) atoms. The van der Waals surface area contributed by atoms with Crippen molar-refractivity contribution in [3.8, 4) is 0 Å². The van der Waals surface area contributed by atoms with Gasteiger partial charge >= 0.3 is 5.97 Å². The summed E-state index contributed by atoms with van der Waals surface area (Å²) in [6, 6.07) is 5.06. The first-order valence-electron chi connectivity index (χ1n) is 6.30. The van der Waals surface area contributed by atoms with E-state index in [9.17, 15) is 14.7 Å². The zero-order chi connectivity index (χ0) is 15.6. The molecule has 0 aliphatic heterocycles. The zero-order valence-electron chi connectivity index (χ0n) is 11.6. The average molecular weight is 311 g/mol. The minimum Gasteiger partial charge on any atom is -0.465 e. The monoisotopic (exact) mass is 310 g/mol. The fourth-order valence-corrected chi connectivity index (χ4v) is 2.24. The summed E-state index contributed by atoms with van der Waals surface area (Å²) in [5, 5.41) is 13.2. The number of methoxy groups -OCH3 is 1. The molecule has 112 valence electrons. The molecular weight excluding hydrogens is 296 g/mol. The van der Waals surface area contributed by atoms with E-state index in [1.165, 1.54) is 7.11 Å². The lowest BCUT2D eigenvalue weighted by atomic mass is 10.1. The van der Waals surface area contributed by atoms with Crippen molar-refractivity contribution in [1.82, 2.24) is 4.98 Å². The van der Waals surface area contributed by atoms with Crippen LogP contribution >= 0.6 is 11.6 Å². The number of fused-ring (bicyclic) bond motifs is 1. The number of ether oxygens (including phenoxy) is 1. The largest absolute Gasteiger partial charge is 0.465 e. The normalized spacial score (nSPS) is 12.2. The molecule has 0 spiro atoms. The average Bonchev–Trinajstić information content (AvgIpc) is 2.44. The zero-order valence-corrected chi connectivity index (χ0v) is 12.3. The number of hydrogen-bond acceptors (Lipinski definition) is 5. The van der Waals surface area contributed by atoms with Crippen LogP contribution in [0.5, 0.6) is 0 Å². The molecule has 3 N–H and O–H groups in total. The van der Waals surface area contributed by atoms with Crippen molar-refractivity contribution in [2.45, 2.75) is 13.0 Å². The highest BCUT2D eigenvalue weighted by Crippen LogP contribution is 2.28. The molecule has 7 heteroatoms. The van der Waals surface area contributed by atoms with Gasteiger partial charge in [-0.2, -0.15) is 0 Å². The van der Waals surface area contributed by atoms with Gasteiger partial charge in [-0.1, -0.05) is 23.7 Å². The molecule has 1 heterocycles. The van der Waals surface area contributed by atoms with Crippen LogP contribution in [0.2, 0.25) is 5.02 Å². The number of H-pyrrole nitrogens is 1. The Balaban J connectivity index is 2.75. The van der Waals surface area contributed by atoms with Crippen LogP contribution in [0.15, 0.2) is 23.0 Å². The second kappa shape index (κ2) is 6.15. The van der Waals surface area contributed by atoms with Gasteiger partial charge < -0.3 is 20.1 Å². The molecule has 0 saturated heterocycles. The molecule has 1 aromatic heterocycles.